The smallest absolute Gasteiger partial charge is 0.339 e. The zero-order valence-corrected chi connectivity index (χ0v) is 13.3. The van der Waals surface area contributed by atoms with Crippen LogP contribution in [0.5, 0.6) is 0 Å². The average molecular weight is 336 g/mol. The number of carbonyl (C=O) groups is 1. The molecule has 24 heavy (non-hydrogen) atoms. The topological polar surface area (TPSA) is 72.0 Å². The van der Waals surface area contributed by atoms with E-state index in [4.69, 9.17) is 4.74 Å². The predicted molar refractivity (Wildman–Crippen MR) is 93.3 cm³/mol. The fourth-order valence-corrected chi connectivity index (χ4v) is 3.33. The van der Waals surface area contributed by atoms with Gasteiger partial charge < -0.3 is 9.72 Å². The van der Waals surface area contributed by atoms with E-state index >= 15 is 0 Å². The van der Waals surface area contributed by atoms with Crippen molar-refractivity contribution in [2.75, 3.05) is 0 Å². The van der Waals surface area contributed by atoms with Gasteiger partial charge in [-0.25, -0.2) is 9.78 Å². The van der Waals surface area contributed by atoms with E-state index in [1.807, 2.05) is 36.4 Å². The van der Waals surface area contributed by atoms with Crippen LogP contribution in [0.15, 0.2) is 58.7 Å². The first-order valence-corrected chi connectivity index (χ1v) is 8.21. The molecule has 0 saturated carbocycles. The van der Waals surface area contributed by atoms with Crippen LogP contribution in [0.25, 0.3) is 21.0 Å². The van der Waals surface area contributed by atoms with E-state index in [9.17, 15) is 9.59 Å². The number of ether oxygens (including phenoxy) is 1. The van der Waals surface area contributed by atoms with Crippen molar-refractivity contribution >= 4 is 38.3 Å². The third-order valence-electron chi connectivity index (χ3n) is 3.71. The van der Waals surface area contributed by atoms with Gasteiger partial charge in [0, 0.05) is 0 Å². The zero-order chi connectivity index (χ0) is 16.5. The van der Waals surface area contributed by atoms with Crippen molar-refractivity contribution in [3.63, 3.8) is 0 Å². The molecule has 0 radical (unpaired) electrons. The molecule has 0 aliphatic carbocycles. The number of aromatic amines is 1. The number of nitrogens with one attached hydrogen (secondary N) is 1. The van der Waals surface area contributed by atoms with Gasteiger partial charge >= 0.3 is 5.97 Å². The lowest BCUT2D eigenvalue weighted by Gasteiger charge is -2.07. The van der Waals surface area contributed by atoms with Gasteiger partial charge in [0.2, 0.25) is 0 Å². The van der Waals surface area contributed by atoms with E-state index in [1.54, 1.807) is 17.5 Å². The van der Waals surface area contributed by atoms with Crippen LogP contribution in [0.2, 0.25) is 0 Å². The van der Waals surface area contributed by atoms with E-state index in [0.29, 0.717) is 21.6 Å². The number of thiophene rings is 1. The number of nitrogens with zero attached hydrogens (tertiary/aromatic N) is 1. The molecule has 0 amide bonds. The summed E-state index contributed by atoms with van der Waals surface area (Å²) in [5.74, 6) is -0.112. The maximum Gasteiger partial charge on any atom is 0.339 e. The highest BCUT2D eigenvalue weighted by atomic mass is 32.1. The van der Waals surface area contributed by atoms with Crippen LogP contribution >= 0.6 is 11.3 Å². The Morgan fingerprint density at radius 3 is 2.88 bits per heavy atom. The molecule has 2 aromatic carbocycles. The molecule has 2 heterocycles. The molecule has 4 aromatic rings. The molecular formula is C18H12N2O3S. The minimum atomic E-state index is -0.445. The molecule has 6 heteroatoms. The number of esters is 1. The number of hydrogen-bond donors (Lipinski definition) is 1. The highest BCUT2D eigenvalue weighted by Crippen LogP contribution is 2.20. The molecule has 0 atom stereocenters. The Labute approximate surface area is 140 Å². The number of hydrogen-bond acceptors (Lipinski definition) is 5. The van der Waals surface area contributed by atoms with Crippen LogP contribution in [0.3, 0.4) is 0 Å². The van der Waals surface area contributed by atoms with Crippen LogP contribution in [-0.4, -0.2) is 15.9 Å². The first kappa shape index (κ1) is 14.6. The summed E-state index contributed by atoms with van der Waals surface area (Å²) in [6.07, 6.45) is 0. The van der Waals surface area contributed by atoms with Crippen LogP contribution in [-0.2, 0) is 11.3 Å². The second-order valence-electron chi connectivity index (χ2n) is 5.25. The average Bonchev–Trinajstić information content (AvgIpc) is 3.08. The third kappa shape index (κ3) is 2.57. The number of aromatic nitrogens is 2. The van der Waals surface area contributed by atoms with Crippen molar-refractivity contribution in [2.24, 2.45) is 0 Å². The number of fused-ring (bicyclic) bond motifs is 2. The number of benzene rings is 2. The molecule has 1 N–H and O–H groups in total. The summed E-state index contributed by atoms with van der Waals surface area (Å²) < 4.78 is 5.90. The summed E-state index contributed by atoms with van der Waals surface area (Å²) in [4.78, 5) is 31.3. The lowest BCUT2D eigenvalue weighted by Crippen LogP contribution is -2.13. The Morgan fingerprint density at radius 1 is 1.12 bits per heavy atom. The Morgan fingerprint density at radius 2 is 1.96 bits per heavy atom. The zero-order valence-electron chi connectivity index (χ0n) is 12.5. The van der Waals surface area contributed by atoms with Gasteiger partial charge in [-0.05, 0) is 28.3 Å². The van der Waals surface area contributed by atoms with Crippen molar-refractivity contribution in [1.29, 1.82) is 0 Å². The van der Waals surface area contributed by atoms with Crippen LogP contribution in [0.4, 0.5) is 0 Å². The minimum absolute atomic E-state index is 0.0803. The molecular weight excluding hydrogens is 324 g/mol. The van der Waals surface area contributed by atoms with Gasteiger partial charge in [0.25, 0.3) is 5.56 Å². The SMILES string of the molecule is O=C(OCc1nc2ccsc2c(=O)[nH]1)c1cccc2ccccc12. The first-order valence-electron chi connectivity index (χ1n) is 7.34. The molecule has 0 bridgehead atoms. The van der Waals surface area contributed by atoms with E-state index < -0.39 is 5.97 Å². The second kappa shape index (κ2) is 5.90. The summed E-state index contributed by atoms with van der Waals surface area (Å²) in [5.41, 5.74) is 0.887. The molecule has 0 aliphatic rings. The molecule has 0 spiro atoms. The largest absolute Gasteiger partial charge is 0.454 e. The summed E-state index contributed by atoms with van der Waals surface area (Å²) in [6.45, 7) is -0.0803. The fraction of sp³-hybridized carbons (Fsp3) is 0.0556. The number of H-pyrrole nitrogens is 1. The van der Waals surface area contributed by atoms with E-state index in [1.165, 1.54) is 11.3 Å². The normalized spacial score (nSPS) is 11.0. The highest BCUT2D eigenvalue weighted by molar-refractivity contribution is 7.17. The third-order valence-corrected chi connectivity index (χ3v) is 4.62. The lowest BCUT2D eigenvalue weighted by molar-refractivity contribution is 0.0464. The molecule has 118 valence electrons. The van der Waals surface area contributed by atoms with Gasteiger partial charge in [-0.3, -0.25) is 4.79 Å². The predicted octanol–water partition coefficient (Wildman–Crippen LogP) is 3.49. The molecule has 5 nitrogen and oxygen atoms in total. The maximum absolute atomic E-state index is 12.4. The van der Waals surface area contributed by atoms with E-state index in [2.05, 4.69) is 9.97 Å². The summed E-state index contributed by atoms with van der Waals surface area (Å²) in [6, 6.07) is 14.9. The first-order chi connectivity index (χ1) is 11.7. The molecule has 0 unspecified atom stereocenters. The van der Waals surface area contributed by atoms with Crippen molar-refractivity contribution in [3.8, 4) is 0 Å². The summed E-state index contributed by atoms with van der Waals surface area (Å²) >= 11 is 1.33. The summed E-state index contributed by atoms with van der Waals surface area (Å²) in [7, 11) is 0. The number of rotatable bonds is 3. The van der Waals surface area contributed by atoms with Gasteiger partial charge in [0.1, 0.15) is 17.1 Å². The van der Waals surface area contributed by atoms with Gasteiger partial charge in [0.05, 0.1) is 11.1 Å². The second-order valence-corrected chi connectivity index (χ2v) is 6.17. The molecule has 2 aromatic heterocycles. The van der Waals surface area contributed by atoms with Gasteiger partial charge in [0.15, 0.2) is 0 Å². The molecule has 0 saturated heterocycles. The maximum atomic E-state index is 12.4. The molecule has 0 aliphatic heterocycles. The summed E-state index contributed by atoms with van der Waals surface area (Å²) in [5, 5.41) is 3.61. The van der Waals surface area contributed by atoms with Crippen LogP contribution < -0.4 is 5.56 Å². The fourth-order valence-electron chi connectivity index (χ4n) is 2.61. The lowest BCUT2D eigenvalue weighted by atomic mass is 10.1. The monoisotopic (exact) mass is 336 g/mol. The van der Waals surface area contributed by atoms with Gasteiger partial charge in [-0.15, -0.1) is 11.3 Å². The molecule has 4 rings (SSSR count). The van der Waals surface area contributed by atoms with Crippen molar-refractivity contribution in [3.05, 3.63) is 75.7 Å². The van der Waals surface area contributed by atoms with Gasteiger partial charge in [-0.1, -0.05) is 36.4 Å². The minimum Gasteiger partial charge on any atom is -0.454 e. The van der Waals surface area contributed by atoms with Crippen molar-refractivity contribution < 1.29 is 9.53 Å². The van der Waals surface area contributed by atoms with E-state index in [-0.39, 0.29) is 12.2 Å². The highest BCUT2D eigenvalue weighted by Gasteiger charge is 2.12. The Kier molecular flexibility index (Phi) is 3.59. The van der Waals surface area contributed by atoms with Gasteiger partial charge in [-0.2, -0.15) is 0 Å². The quantitative estimate of drug-likeness (QED) is 0.581. The standard InChI is InChI=1S/C18H12N2O3S/c21-17-16-14(8-9-24-16)19-15(20-17)10-23-18(22)13-7-3-5-11-4-1-2-6-12(11)13/h1-9H,10H2,(H,19,20,21). The Balaban J connectivity index is 1.60. The van der Waals surface area contributed by atoms with E-state index in [0.717, 1.165) is 10.8 Å². The van der Waals surface area contributed by atoms with Crippen molar-refractivity contribution in [2.45, 2.75) is 6.61 Å². The Bertz CT molecular complexity index is 1110. The number of carbonyl (C=O) groups excluding carboxylic acids is 1. The van der Waals surface area contributed by atoms with Crippen LogP contribution in [0, 0.1) is 0 Å². The Hall–Kier alpha value is -2.99. The molecule has 0 fully saturated rings. The van der Waals surface area contributed by atoms with Crippen LogP contribution in [0.1, 0.15) is 16.2 Å². The van der Waals surface area contributed by atoms with Crippen molar-refractivity contribution in [1.82, 2.24) is 9.97 Å².